The number of alkyl halides is 2. The van der Waals surface area contributed by atoms with Crippen molar-refractivity contribution in [1.29, 1.82) is 0 Å². The molecule has 1 aromatic carbocycles. The third kappa shape index (κ3) is 7.04. The van der Waals surface area contributed by atoms with Crippen LogP contribution in [0.3, 0.4) is 0 Å². The van der Waals surface area contributed by atoms with Crippen molar-refractivity contribution in [2.45, 2.75) is 20.1 Å². The highest BCUT2D eigenvalue weighted by Gasteiger charge is 2.10. The van der Waals surface area contributed by atoms with Gasteiger partial charge in [0.1, 0.15) is 5.75 Å². The highest BCUT2D eigenvalue weighted by molar-refractivity contribution is 9.10. The Morgan fingerprint density at radius 2 is 2.14 bits per heavy atom. The molecule has 1 rings (SSSR count). The summed E-state index contributed by atoms with van der Waals surface area (Å²) in [6, 6.07) is 4.87. The summed E-state index contributed by atoms with van der Waals surface area (Å²) in [7, 11) is 1.63. The van der Waals surface area contributed by atoms with Gasteiger partial charge in [-0.15, -0.1) is 0 Å². The lowest BCUT2D eigenvalue weighted by molar-refractivity contribution is -0.0504. The smallest absolute Gasteiger partial charge is 0.387 e. The zero-order valence-electron chi connectivity index (χ0n) is 12.5. The lowest BCUT2D eigenvalue weighted by Crippen LogP contribution is -2.38. The molecule has 1 aromatic rings. The van der Waals surface area contributed by atoms with E-state index >= 15 is 0 Å². The van der Waals surface area contributed by atoms with Gasteiger partial charge in [0.05, 0.1) is 6.61 Å². The monoisotopic (exact) mass is 379 g/mol. The standard InChI is InChI=1S/C14H20BrF2N3O2/c1-3-21-7-6-19-14(18-2)20-9-10-8-11(15)4-5-12(10)22-13(16)17/h4-5,8,13H,3,6-7,9H2,1-2H3,(H2,18,19,20). The van der Waals surface area contributed by atoms with Crippen molar-refractivity contribution in [3.63, 3.8) is 0 Å². The number of benzene rings is 1. The number of hydrogen-bond donors (Lipinski definition) is 2. The van der Waals surface area contributed by atoms with Gasteiger partial charge < -0.3 is 20.1 Å². The molecule has 5 nitrogen and oxygen atoms in total. The fourth-order valence-electron chi connectivity index (χ4n) is 1.68. The van der Waals surface area contributed by atoms with Crippen LogP contribution in [0.2, 0.25) is 0 Å². The van der Waals surface area contributed by atoms with Gasteiger partial charge in [0.15, 0.2) is 5.96 Å². The zero-order valence-corrected chi connectivity index (χ0v) is 14.1. The second kappa shape index (κ2) is 10.3. The van der Waals surface area contributed by atoms with Gasteiger partial charge in [0.25, 0.3) is 0 Å². The number of rotatable bonds is 8. The van der Waals surface area contributed by atoms with E-state index in [4.69, 9.17) is 4.74 Å². The molecule has 0 fully saturated rings. The lowest BCUT2D eigenvalue weighted by Gasteiger charge is -2.15. The van der Waals surface area contributed by atoms with Crippen molar-refractivity contribution in [2.24, 2.45) is 4.99 Å². The highest BCUT2D eigenvalue weighted by atomic mass is 79.9. The number of nitrogens with zero attached hydrogens (tertiary/aromatic N) is 1. The van der Waals surface area contributed by atoms with Crippen LogP contribution in [0.4, 0.5) is 8.78 Å². The van der Waals surface area contributed by atoms with Gasteiger partial charge in [0, 0.05) is 36.8 Å². The zero-order chi connectivity index (χ0) is 16.4. The Hall–Kier alpha value is -1.41. The minimum Gasteiger partial charge on any atom is -0.434 e. The molecule has 124 valence electrons. The SMILES string of the molecule is CCOCCNC(=NC)NCc1cc(Br)ccc1OC(F)F. The van der Waals surface area contributed by atoms with Crippen molar-refractivity contribution in [1.82, 2.24) is 10.6 Å². The Labute approximate surface area is 137 Å². The number of halogens is 3. The van der Waals surface area contributed by atoms with Crippen molar-refractivity contribution in [3.05, 3.63) is 28.2 Å². The van der Waals surface area contributed by atoms with E-state index in [0.29, 0.717) is 37.8 Å². The van der Waals surface area contributed by atoms with E-state index in [-0.39, 0.29) is 5.75 Å². The fraction of sp³-hybridized carbons (Fsp3) is 0.500. The molecular weight excluding hydrogens is 360 g/mol. The largest absolute Gasteiger partial charge is 0.434 e. The number of aliphatic imine (C=N–C) groups is 1. The van der Waals surface area contributed by atoms with E-state index in [1.807, 2.05) is 6.92 Å². The predicted molar refractivity (Wildman–Crippen MR) is 85.5 cm³/mol. The molecule has 0 bridgehead atoms. The average Bonchev–Trinajstić information content (AvgIpc) is 2.48. The van der Waals surface area contributed by atoms with Crippen molar-refractivity contribution >= 4 is 21.9 Å². The van der Waals surface area contributed by atoms with Crippen LogP contribution in [0.5, 0.6) is 5.75 Å². The van der Waals surface area contributed by atoms with Crippen LogP contribution in [-0.4, -0.2) is 39.4 Å². The Kier molecular flexibility index (Phi) is 8.76. The van der Waals surface area contributed by atoms with Gasteiger partial charge in [-0.2, -0.15) is 8.78 Å². The molecule has 0 unspecified atom stereocenters. The van der Waals surface area contributed by atoms with E-state index in [1.54, 1.807) is 19.2 Å². The van der Waals surface area contributed by atoms with E-state index in [0.717, 1.165) is 4.47 Å². The van der Waals surface area contributed by atoms with Crippen molar-refractivity contribution in [2.75, 3.05) is 26.8 Å². The van der Waals surface area contributed by atoms with Gasteiger partial charge in [-0.25, -0.2) is 0 Å². The van der Waals surface area contributed by atoms with Gasteiger partial charge in [-0.05, 0) is 25.1 Å². The molecule has 0 amide bonds. The summed E-state index contributed by atoms with van der Waals surface area (Å²) >= 11 is 3.31. The molecule has 0 spiro atoms. The van der Waals surface area contributed by atoms with Gasteiger partial charge in [-0.3, -0.25) is 4.99 Å². The van der Waals surface area contributed by atoms with Crippen LogP contribution in [0.15, 0.2) is 27.7 Å². The third-order valence-corrected chi connectivity index (χ3v) is 3.14. The topological polar surface area (TPSA) is 54.9 Å². The van der Waals surface area contributed by atoms with E-state index < -0.39 is 6.61 Å². The second-order valence-corrected chi connectivity index (χ2v) is 5.10. The van der Waals surface area contributed by atoms with Gasteiger partial charge in [0.2, 0.25) is 0 Å². The molecule has 0 radical (unpaired) electrons. The summed E-state index contributed by atoms with van der Waals surface area (Å²) in [5, 5.41) is 6.10. The second-order valence-electron chi connectivity index (χ2n) is 4.18. The molecule has 0 saturated carbocycles. The van der Waals surface area contributed by atoms with E-state index in [2.05, 4.69) is 36.3 Å². The third-order valence-electron chi connectivity index (χ3n) is 2.65. The fourth-order valence-corrected chi connectivity index (χ4v) is 2.09. The molecule has 0 heterocycles. The average molecular weight is 380 g/mol. The summed E-state index contributed by atoms with van der Waals surface area (Å²) < 4.78 is 35.3. The summed E-state index contributed by atoms with van der Waals surface area (Å²) in [6.45, 7) is 1.18. The molecule has 2 N–H and O–H groups in total. The Morgan fingerprint density at radius 3 is 2.77 bits per heavy atom. The molecule has 0 saturated heterocycles. The number of ether oxygens (including phenoxy) is 2. The van der Waals surface area contributed by atoms with Crippen LogP contribution >= 0.6 is 15.9 Å². The minimum absolute atomic E-state index is 0.135. The first-order valence-electron chi connectivity index (χ1n) is 6.82. The first-order chi connectivity index (χ1) is 10.6. The van der Waals surface area contributed by atoms with Crippen LogP contribution < -0.4 is 15.4 Å². The highest BCUT2D eigenvalue weighted by Crippen LogP contribution is 2.24. The predicted octanol–water partition coefficient (Wildman–Crippen LogP) is 2.75. The maximum absolute atomic E-state index is 12.4. The molecule has 0 atom stereocenters. The van der Waals surface area contributed by atoms with Crippen molar-refractivity contribution in [3.8, 4) is 5.75 Å². The molecule has 0 aliphatic heterocycles. The minimum atomic E-state index is -2.86. The summed E-state index contributed by atoms with van der Waals surface area (Å²) in [5.74, 6) is 0.693. The Balaban J connectivity index is 2.59. The molecule has 0 aromatic heterocycles. The Bertz CT molecular complexity index is 487. The number of nitrogens with one attached hydrogen (secondary N) is 2. The van der Waals surface area contributed by atoms with Crippen LogP contribution in [-0.2, 0) is 11.3 Å². The van der Waals surface area contributed by atoms with Crippen molar-refractivity contribution < 1.29 is 18.3 Å². The molecular formula is C14H20BrF2N3O2. The maximum Gasteiger partial charge on any atom is 0.387 e. The van der Waals surface area contributed by atoms with Gasteiger partial charge in [-0.1, -0.05) is 15.9 Å². The van der Waals surface area contributed by atoms with E-state index in [1.165, 1.54) is 6.07 Å². The van der Waals surface area contributed by atoms with Crippen LogP contribution in [0.25, 0.3) is 0 Å². The van der Waals surface area contributed by atoms with Gasteiger partial charge >= 0.3 is 6.61 Å². The maximum atomic E-state index is 12.4. The van der Waals surface area contributed by atoms with Crippen LogP contribution in [0, 0.1) is 0 Å². The number of guanidine groups is 1. The molecule has 22 heavy (non-hydrogen) atoms. The van der Waals surface area contributed by atoms with Crippen LogP contribution in [0.1, 0.15) is 12.5 Å². The number of hydrogen-bond acceptors (Lipinski definition) is 3. The normalized spacial score (nSPS) is 11.6. The summed E-state index contributed by atoms with van der Waals surface area (Å²) in [6.07, 6.45) is 0. The lowest BCUT2D eigenvalue weighted by atomic mass is 10.2. The van der Waals surface area contributed by atoms with E-state index in [9.17, 15) is 8.78 Å². The molecule has 8 heteroatoms. The first kappa shape index (κ1) is 18.6. The molecule has 0 aliphatic carbocycles. The summed E-state index contributed by atoms with van der Waals surface area (Å²) in [5.41, 5.74) is 0.599. The molecule has 0 aliphatic rings. The first-order valence-corrected chi connectivity index (χ1v) is 7.61. The summed E-state index contributed by atoms with van der Waals surface area (Å²) in [4.78, 5) is 4.05. The Morgan fingerprint density at radius 1 is 1.36 bits per heavy atom. The quantitative estimate of drug-likeness (QED) is 0.414.